The molecule has 0 aliphatic carbocycles. The van der Waals surface area contributed by atoms with Gasteiger partial charge in [0.05, 0.1) is 6.26 Å². The number of benzene rings is 1. The first-order valence-corrected chi connectivity index (χ1v) is 8.97. The molecule has 1 aromatic rings. The Morgan fingerprint density at radius 2 is 1.85 bits per heavy atom. The van der Waals surface area contributed by atoms with E-state index in [1.54, 1.807) is 24.3 Å². The lowest BCUT2D eigenvalue weighted by Crippen LogP contribution is -2.38. The average Bonchev–Trinajstić information content (AvgIpc) is 2.37. The Morgan fingerprint density at radius 3 is 2.35 bits per heavy atom. The van der Waals surface area contributed by atoms with Crippen molar-refractivity contribution >= 4 is 31.9 Å². The highest BCUT2D eigenvalue weighted by Crippen LogP contribution is 2.10. The molecule has 7 heteroatoms. The van der Waals surface area contributed by atoms with E-state index >= 15 is 0 Å². The Bertz CT molecular complexity index is 543. The van der Waals surface area contributed by atoms with Crippen molar-refractivity contribution in [3.63, 3.8) is 0 Å². The van der Waals surface area contributed by atoms with Gasteiger partial charge in [-0.15, -0.1) is 0 Å². The first-order chi connectivity index (χ1) is 9.34. The quantitative estimate of drug-likeness (QED) is 0.804. The van der Waals surface area contributed by atoms with E-state index in [2.05, 4.69) is 21.2 Å². The summed E-state index contributed by atoms with van der Waals surface area (Å²) in [7, 11) is -3.22. The second kappa shape index (κ2) is 7.75. The second-order valence-corrected chi connectivity index (χ2v) is 7.32. The van der Waals surface area contributed by atoms with Crippen LogP contribution in [0, 0.1) is 0 Å². The van der Waals surface area contributed by atoms with E-state index in [0.717, 1.165) is 10.9 Å². The van der Waals surface area contributed by atoms with Crippen LogP contribution in [0.3, 0.4) is 0 Å². The minimum absolute atomic E-state index is 0.206. The Kier molecular flexibility index (Phi) is 6.64. The van der Waals surface area contributed by atoms with Crippen molar-refractivity contribution in [2.75, 3.05) is 25.9 Å². The zero-order valence-electron chi connectivity index (χ0n) is 11.6. The number of rotatable bonds is 7. The lowest BCUT2D eigenvalue weighted by Gasteiger charge is -2.19. The maximum absolute atomic E-state index is 11.9. The largest absolute Gasteiger partial charge is 0.351 e. The van der Waals surface area contributed by atoms with E-state index in [-0.39, 0.29) is 12.5 Å². The minimum atomic E-state index is -3.22. The third-order valence-electron chi connectivity index (χ3n) is 2.70. The van der Waals surface area contributed by atoms with Crippen LogP contribution in [0.2, 0.25) is 0 Å². The molecule has 0 aromatic heterocycles. The summed E-state index contributed by atoms with van der Waals surface area (Å²) in [5, 5.41) is 2.72. The maximum atomic E-state index is 11.9. The summed E-state index contributed by atoms with van der Waals surface area (Å²) in [6.45, 7) is 2.96. The van der Waals surface area contributed by atoms with Crippen LogP contribution in [0.1, 0.15) is 23.7 Å². The fourth-order valence-electron chi connectivity index (χ4n) is 1.69. The summed E-state index contributed by atoms with van der Waals surface area (Å²) in [5.41, 5.74) is 0.551. The van der Waals surface area contributed by atoms with Crippen molar-refractivity contribution in [1.82, 2.24) is 9.62 Å². The molecule has 0 fully saturated rings. The molecule has 0 atom stereocenters. The number of sulfonamides is 1. The van der Waals surface area contributed by atoms with Crippen molar-refractivity contribution in [2.45, 2.75) is 13.3 Å². The second-order valence-electron chi connectivity index (χ2n) is 4.42. The lowest BCUT2D eigenvalue weighted by molar-refractivity contribution is 0.0951. The van der Waals surface area contributed by atoms with E-state index in [1.807, 2.05) is 6.92 Å². The molecule has 0 radical (unpaired) electrons. The summed E-state index contributed by atoms with van der Waals surface area (Å²) in [6, 6.07) is 6.99. The predicted octanol–water partition coefficient (Wildman–Crippen LogP) is 1.85. The molecule has 1 aromatic carbocycles. The smallest absolute Gasteiger partial charge is 0.251 e. The van der Waals surface area contributed by atoms with Crippen LogP contribution >= 0.6 is 15.9 Å². The highest BCUT2D eigenvalue weighted by Gasteiger charge is 2.15. The molecule has 0 aliphatic rings. The highest BCUT2D eigenvalue weighted by atomic mass is 79.9. The van der Waals surface area contributed by atoms with Crippen molar-refractivity contribution in [3.05, 3.63) is 34.3 Å². The molecule has 0 saturated heterocycles. The van der Waals surface area contributed by atoms with Crippen LogP contribution in [-0.2, 0) is 10.0 Å². The fraction of sp³-hybridized carbons (Fsp3) is 0.462. The Labute approximate surface area is 128 Å². The zero-order chi connectivity index (χ0) is 15.2. The molecule has 0 aliphatic heterocycles. The van der Waals surface area contributed by atoms with E-state index in [0.29, 0.717) is 18.7 Å². The van der Waals surface area contributed by atoms with Gasteiger partial charge in [-0.1, -0.05) is 22.9 Å². The third kappa shape index (κ3) is 5.60. The van der Waals surface area contributed by atoms with Gasteiger partial charge in [0.15, 0.2) is 0 Å². The third-order valence-corrected chi connectivity index (χ3v) is 4.53. The van der Waals surface area contributed by atoms with Gasteiger partial charge in [-0.2, -0.15) is 0 Å². The fourth-order valence-corrected chi connectivity index (χ4v) is 2.89. The van der Waals surface area contributed by atoms with Gasteiger partial charge in [-0.05, 0) is 30.7 Å². The average molecular weight is 363 g/mol. The molecular weight excluding hydrogens is 344 g/mol. The summed E-state index contributed by atoms with van der Waals surface area (Å²) < 4.78 is 25.3. The molecule has 5 nitrogen and oxygen atoms in total. The van der Waals surface area contributed by atoms with Crippen molar-refractivity contribution in [3.8, 4) is 0 Å². The topological polar surface area (TPSA) is 66.5 Å². The first kappa shape index (κ1) is 17.1. The van der Waals surface area contributed by atoms with E-state index in [9.17, 15) is 13.2 Å². The Hall–Kier alpha value is -0.920. The summed E-state index contributed by atoms with van der Waals surface area (Å²) in [6.07, 6.45) is 1.92. The molecule has 0 unspecified atom stereocenters. The van der Waals surface area contributed by atoms with Crippen LogP contribution < -0.4 is 5.32 Å². The summed E-state index contributed by atoms with van der Waals surface area (Å²) in [4.78, 5) is 11.9. The van der Waals surface area contributed by atoms with Gasteiger partial charge in [-0.3, -0.25) is 4.79 Å². The first-order valence-electron chi connectivity index (χ1n) is 6.33. The van der Waals surface area contributed by atoms with Gasteiger partial charge >= 0.3 is 0 Å². The molecule has 1 amide bonds. The van der Waals surface area contributed by atoms with E-state index in [4.69, 9.17) is 0 Å². The van der Waals surface area contributed by atoms with Crippen molar-refractivity contribution in [1.29, 1.82) is 0 Å². The molecule has 0 heterocycles. The molecule has 0 saturated carbocycles. The number of amides is 1. The predicted molar refractivity (Wildman–Crippen MR) is 83.2 cm³/mol. The van der Waals surface area contributed by atoms with Crippen molar-refractivity contribution < 1.29 is 13.2 Å². The number of carbonyl (C=O) groups excluding carboxylic acids is 1. The van der Waals surface area contributed by atoms with Crippen LogP contribution in [0.15, 0.2) is 28.7 Å². The molecule has 20 heavy (non-hydrogen) atoms. The number of nitrogens with zero attached hydrogens (tertiary/aromatic N) is 1. The standard InChI is InChI=1S/C13H19BrN2O3S/c1-3-9-16(20(2,18)19)10-8-15-13(17)11-4-6-12(14)7-5-11/h4-7H,3,8-10H2,1-2H3,(H,15,17). The molecule has 0 bridgehead atoms. The van der Waals surface area contributed by atoms with Gasteiger partial charge in [0.25, 0.3) is 5.91 Å². The van der Waals surface area contributed by atoms with E-state index in [1.165, 1.54) is 10.6 Å². The molecule has 1 N–H and O–H groups in total. The van der Waals surface area contributed by atoms with Crippen LogP contribution in [-0.4, -0.2) is 44.5 Å². The highest BCUT2D eigenvalue weighted by molar-refractivity contribution is 9.10. The molecule has 112 valence electrons. The monoisotopic (exact) mass is 362 g/mol. The summed E-state index contributed by atoms with van der Waals surface area (Å²) in [5.74, 6) is -0.206. The molecule has 0 spiro atoms. The van der Waals surface area contributed by atoms with Gasteiger partial charge in [0.1, 0.15) is 0 Å². The van der Waals surface area contributed by atoms with Gasteiger partial charge in [0, 0.05) is 29.7 Å². The number of hydrogen-bond donors (Lipinski definition) is 1. The number of hydrogen-bond acceptors (Lipinski definition) is 3. The Balaban J connectivity index is 2.50. The zero-order valence-corrected chi connectivity index (χ0v) is 14.0. The van der Waals surface area contributed by atoms with Gasteiger partial charge in [-0.25, -0.2) is 12.7 Å². The Morgan fingerprint density at radius 1 is 1.25 bits per heavy atom. The van der Waals surface area contributed by atoms with E-state index < -0.39 is 10.0 Å². The number of halogens is 1. The number of carbonyl (C=O) groups is 1. The van der Waals surface area contributed by atoms with Crippen LogP contribution in [0.4, 0.5) is 0 Å². The van der Waals surface area contributed by atoms with Gasteiger partial charge in [0.2, 0.25) is 10.0 Å². The SMILES string of the molecule is CCCN(CCNC(=O)c1ccc(Br)cc1)S(C)(=O)=O. The van der Waals surface area contributed by atoms with Gasteiger partial charge < -0.3 is 5.32 Å². The molecule has 1 rings (SSSR count). The number of nitrogens with one attached hydrogen (secondary N) is 1. The normalized spacial score (nSPS) is 11.6. The lowest BCUT2D eigenvalue weighted by atomic mass is 10.2. The van der Waals surface area contributed by atoms with Crippen LogP contribution in [0.5, 0.6) is 0 Å². The molecular formula is C13H19BrN2O3S. The van der Waals surface area contributed by atoms with Crippen LogP contribution in [0.25, 0.3) is 0 Å². The summed E-state index contributed by atoms with van der Waals surface area (Å²) >= 11 is 3.30. The minimum Gasteiger partial charge on any atom is -0.351 e. The van der Waals surface area contributed by atoms with Crippen molar-refractivity contribution in [2.24, 2.45) is 0 Å². The maximum Gasteiger partial charge on any atom is 0.251 e.